The lowest BCUT2D eigenvalue weighted by atomic mass is 10.0. The molecular weight excluding hydrogens is 316 g/mol. The van der Waals surface area contributed by atoms with Crippen molar-refractivity contribution in [3.8, 4) is 11.5 Å². The van der Waals surface area contributed by atoms with Crippen molar-refractivity contribution in [2.24, 2.45) is 0 Å². The predicted molar refractivity (Wildman–Crippen MR) is 99.0 cm³/mol. The Kier molecular flexibility index (Phi) is 6.23. The summed E-state index contributed by atoms with van der Waals surface area (Å²) in [5, 5.41) is 0. The molecule has 1 atom stereocenters. The topological polar surface area (TPSA) is 44.8 Å². The predicted octanol–water partition coefficient (Wildman–Crippen LogP) is 4.64. The second-order valence-electron chi connectivity index (χ2n) is 5.85. The average molecular weight is 340 g/mol. The van der Waals surface area contributed by atoms with Crippen LogP contribution < -0.4 is 9.47 Å². The Morgan fingerprint density at radius 3 is 2.28 bits per heavy atom. The Morgan fingerprint density at radius 1 is 0.960 bits per heavy atom. The summed E-state index contributed by atoms with van der Waals surface area (Å²) in [6, 6.07) is 11.7. The van der Waals surface area contributed by atoms with Crippen LogP contribution in [0.3, 0.4) is 0 Å². The van der Waals surface area contributed by atoms with Crippen LogP contribution >= 0.6 is 0 Å². The smallest absolute Gasteiger partial charge is 0.303 e. The quantitative estimate of drug-likeness (QED) is 0.719. The summed E-state index contributed by atoms with van der Waals surface area (Å²) in [4.78, 5) is 11.5. The van der Waals surface area contributed by atoms with Gasteiger partial charge in [0.1, 0.15) is 6.10 Å². The molecule has 0 aliphatic heterocycles. The molecule has 1 unspecified atom stereocenters. The minimum atomic E-state index is -0.440. The normalized spacial score (nSPS) is 12.0. The van der Waals surface area contributed by atoms with Gasteiger partial charge in [-0.1, -0.05) is 30.3 Å². The van der Waals surface area contributed by atoms with E-state index in [1.165, 1.54) is 12.5 Å². The van der Waals surface area contributed by atoms with Crippen molar-refractivity contribution in [2.45, 2.75) is 26.9 Å². The number of esters is 1. The van der Waals surface area contributed by atoms with Crippen LogP contribution in [0.25, 0.3) is 6.08 Å². The molecule has 0 amide bonds. The molecule has 25 heavy (non-hydrogen) atoms. The maximum absolute atomic E-state index is 11.5. The molecule has 0 radical (unpaired) electrons. The summed E-state index contributed by atoms with van der Waals surface area (Å²) >= 11 is 0. The molecule has 4 nitrogen and oxygen atoms in total. The van der Waals surface area contributed by atoms with Crippen LogP contribution in [-0.4, -0.2) is 20.2 Å². The number of carbonyl (C=O) groups excluding carboxylic acids is 1. The number of benzene rings is 2. The number of hydrogen-bond acceptors (Lipinski definition) is 4. The van der Waals surface area contributed by atoms with Gasteiger partial charge in [0.05, 0.1) is 14.2 Å². The van der Waals surface area contributed by atoms with Gasteiger partial charge >= 0.3 is 5.97 Å². The van der Waals surface area contributed by atoms with Gasteiger partial charge in [-0.3, -0.25) is 4.79 Å². The summed E-state index contributed by atoms with van der Waals surface area (Å²) in [6.07, 6.45) is 3.34. The van der Waals surface area contributed by atoms with E-state index in [1.54, 1.807) is 14.2 Å². The standard InChI is InChI=1S/C21H24O4/c1-14-6-9-18(12-15(14)2)19(25-16(3)22)10-7-17-8-11-20(23-4)21(13-17)24-5/h6-13,19H,1-5H3/b10-7+. The molecule has 4 heteroatoms. The lowest BCUT2D eigenvalue weighted by Crippen LogP contribution is -2.06. The maximum atomic E-state index is 11.5. The molecule has 0 fully saturated rings. The molecule has 0 spiro atoms. The van der Waals surface area contributed by atoms with Crippen LogP contribution in [0.4, 0.5) is 0 Å². The van der Waals surface area contributed by atoms with Crippen LogP contribution in [-0.2, 0) is 9.53 Å². The summed E-state index contributed by atoms with van der Waals surface area (Å²) in [6.45, 7) is 5.51. The van der Waals surface area contributed by atoms with Crippen LogP contribution in [0.15, 0.2) is 42.5 Å². The van der Waals surface area contributed by atoms with E-state index in [2.05, 4.69) is 6.92 Å². The second-order valence-corrected chi connectivity index (χ2v) is 5.85. The minimum Gasteiger partial charge on any atom is -0.493 e. The Labute approximate surface area is 149 Å². The first kappa shape index (κ1) is 18.6. The molecule has 0 aliphatic carbocycles. The first-order valence-electron chi connectivity index (χ1n) is 8.09. The van der Waals surface area contributed by atoms with Crippen molar-refractivity contribution in [1.82, 2.24) is 0 Å². The average Bonchev–Trinajstić information content (AvgIpc) is 2.60. The first-order valence-corrected chi connectivity index (χ1v) is 8.09. The van der Waals surface area contributed by atoms with Crippen molar-refractivity contribution < 1.29 is 19.0 Å². The van der Waals surface area contributed by atoms with Crippen molar-refractivity contribution in [3.05, 3.63) is 64.7 Å². The molecule has 0 saturated heterocycles. The number of methoxy groups -OCH3 is 2. The third-order valence-corrected chi connectivity index (χ3v) is 4.02. The highest BCUT2D eigenvalue weighted by Gasteiger charge is 2.12. The summed E-state index contributed by atoms with van der Waals surface area (Å²) < 4.78 is 16.0. The van der Waals surface area contributed by atoms with Gasteiger partial charge in [0.15, 0.2) is 11.5 Å². The van der Waals surface area contributed by atoms with Crippen molar-refractivity contribution in [2.75, 3.05) is 14.2 Å². The van der Waals surface area contributed by atoms with E-state index in [-0.39, 0.29) is 5.97 Å². The molecule has 2 aromatic carbocycles. The summed E-state index contributed by atoms with van der Waals surface area (Å²) in [5.41, 5.74) is 4.23. The van der Waals surface area contributed by atoms with Gasteiger partial charge in [0.25, 0.3) is 0 Å². The fraction of sp³-hybridized carbons (Fsp3) is 0.286. The lowest BCUT2D eigenvalue weighted by molar-refractivity contribution is -0.144. The zero-order valence-electron chi connectivity index (χ0n) is 15.3. The zero-order chi connectivity index (χ0) is 18.4. The van der Waals surface area contributed by atoms with E-state index in [0.29, 0.717) is 11.5 Å². The number of aryl methyl sites for hydroxylation is 2. The maximum Gasteiger partial charge on any atom is 0.303 e. The monoisotopic (exact) mass is 340 g/mol. The third-order valence-electron chi connectivity index (χ3n) is 4.02. The second kappa shape index (κ2) is 8.38. The van der Waals surface area contributed by atoms with Gasteiger partial charge in [-0.15, -0.1) is 0 Å². The van der Waals surface area contributed by atoms with Crippen LogP contribution in [0, 0.1) is 13.8 Å². The summed E-state index contributed by atoms with van der Waals surface area (Å²) in [7, 11) is 3.20. The number of rotatable bonds is 6. The fourth-order valence-corrected chi connectivity index (χ4v) is 2.49. The molecule has 0 saturated carbocycles. The van der Waals surface area contributed by atoms with Gasteiger partial charge in [-0.2, -0.15) is 0 Å². The van der Waals surface area contributed by atoms with Gasteiger partial charge in [0, 0.05) is 6.92 Å². The van der Waals surface area contributed by atoms with Gasteiger partial charge in [0.2, 0.25) is 0 Å². The van der Waals surface area contributed by atoms with E-state index in [4.69, 9.17) is 14.2 Å². The Balaban J connectivity index is 2.31. The molecule has 2 aromatic rings. The Hall–Kier alpha value is -2.75. The molecule has 2 rings (SSSR count). The highest BCUT2D eigenvalue weighted by Crippen LogP contribution is 2.29. The number of carbonyl (C=O) groups is 1. The van der Waals surface area contributed by atoms with Crippen LogP contribution in [0.5, 0.6) is 11.5 Å². The molecule has 0 aromatic heterocycles. The van der Waals surface area contributed by atoms with E-state index in [9.17, 15) is 4.79 Å². The third kappa shape index (κ3) is 4.86. The van der Waals surface area contributed by atoms with Gasteiger partial charge in [-0.05, 0) is 54.3 Å². The molecule has 132 valence electrons. The van der Waals surface area contributed by atoms with Crippen LogP contribution in [0.1, 0.15) is 35.3 Å². The Morgan fingerprint density at radius 2 is 1.68 bits per heavy atom. The van der Waals surface area contributed by atoms with Crippen molar-refractivity contribution in [1.29, 1.82) is 0 Å². The Bertz CT molecular complexity index is 777. The lowest BCUT2D eigenvalue weighted by Gasteiger charge is -2.15. The minimum absolute atomic E-state index is 0.319. The van der Waals surface area contributed by atoms with Gasteiger partial charge in [-0.25, -0.2) is 0 Å². The van der Waals surface area contributed by atoms with E-state index >= 15 is 0 Å². The molecule has 0 heterocycles. The van der Waals surface area contributed by atoms with Crippen molar-refractivity contribution in [3.63, 3.8) is 0 Å². The zero-order valence-corrected chi connectivity index (χ0v) is 15.3. The number of hydrogen-bond donors (Lipinski definition) is 0. The van der Waals surface area contributed by atoms with E-state index in [0.717, 1.165) is 16.7 Å². The molecular formula is C21H24O4. The van der Waals surface area contributed by atoms with E-state index < -0.39 is 6.10 Å². The summed E-state index contributed by atoms with van der Waals surface area (Å²) in [5.74, 6) is 1.01. The largest absolute Gasteiger partial charge is 0.493 e. The van der Waals surface area contributed by atoms with Crippen LogP contribution in [0.2, 0.25) is 0 Å². The molecule has 0 aliphatic rings. The highest BCUT2D eigenvalue weighted by atomic mass is 16.5. The van der Waals surface area contributed by atoms with Crippen molar-refractivity contribution >= 4 is 12.0 Å². The molecule has 0 bridgehead atoms. The first-order chi connectivity index (χ1) is 11.9. The highest BCUT2D eigenvalue weighted by molar-refractivity contribution is 5.67. The van der Waals surface area contributed by atoms with Gasteiger partial charge < -0.3 is 14.2 Å². The van der Waals surface area contributed by atoms with E-state index in [1.807, 2.05) is 55.5 Å². The number of ether oxygens (including phenoxy) is 3. The fourth-order valence-electron chi connectivity index (χ4n) is 2.49. The SMILES string of the molecule is COc1ccc(/C=C/C(OC(C)=O)c2ccc(C)c(C)c2)cc1OC. The molecule has 0 N–H and O–H groups in total.